The molecule has 1 atom stereocenters. The predicted octanol–water partition coefficient (Wildman–Crippen LogP) is 4.00. The predicted molar refractivity (Wildman–Crippen MR) is 63.4 cm³/mol. The Morgan fingerprint density at radius 1 is 0.857 bits per heavy atom. The second kappa shape index (κ2) is 4.22. The molecule has 0 aliphatic heterocycles. The van der Waals surface area contributed by atoms with E-state index in [-0.39, 0.29) is 5.41 Å². The van der Waals surface area contributed by atoms with Crippen LogP contribution in [-0.4, -0.2) is 10.7 Å². The molecule has 1 nitrogen and oxygen atoms in total. The number of hydrogen-bond acceptors (Lipinski definition) is 1. The van der Waals surface area contributed by atoms with E-state index in [0.29, 0.717) is 5.41 Å². The standard InChI is InChI=1S/C13H28O/c1-8-13(14,12(5,6)7)10-9-11(2,3)4/h14H,8-10H2,1-7H3. The molecule has 0 saturated carbocycles. The third kappa shape index (κ3) is 4.00. The van der Waals surface area contributed by atoms with Crippen LogP contribution in [0.15, 0.2) is 0 Å². The van der Waals surface area contributed by atoms with Gasteiger partial charge in [-0.2, -0.15) is 0 Å². The molecule has 0 bridgehead atoms. The number of rotatable bonds is 3. The van der Waals surface area contributed by atoms with Crippen LogP contribution >= 0.6 is 0 Å². The van der Waals surface area contributed by atoms with Crippen molar-refractivity contribution in [2.24, 2.45) is 10.8 Å². The lowest BCUT2D eigenvalue weighted by molar-refractivity contribution is -0.0736. The lowest BCUT2D eigenvalue weighted by Crippen LogP contribution is -2.42. The Morgan fingerprint density at radius 2 is 1.29 bits per heavy atom. The van der Waals surface area contributed by atoms with Crippen LogP contribution in [0, 0.1) is 10.8 Å². The monoisotopic (exact) mass is 200 g/mol. The largest absolute Gasteiger partial charge is 0.389 e. The topological polar surface area (TPSA) is 20.2 Å². The molecule has 0 radical (unpaired) electrons. The molecule has 0 aromatic carbocycles. The molecular weight excluding hydrogens is 172 g/mol. The first-order chi connectivity index (χ1) is 6.02. The SMILES string of the molecule is CCC(O)(CCC(C)(C)C)C(C)(C)C. The molecule has 86 valence electrons. The van der Waals surface area contributed by atoms with Crippen molar-refractivity contribution in [3.8, 4) is 0 Å². The van der Waals surface area contributed by atoms with Gasteiger partial charge in [0, 0.05) is 0 Å². The molecule has 0 amide bonds. The second-order valence-corrected chi connectivity index (χ2v) is 6.70. The average molecular weight is 200 g/mol. The molecule has 1 unspecified atom stereocenters. The van der Waals surface area contributed by atoms with E-state index >= 15 is 0 Å². The summed E-state index contributed by atoms with van der Waals surface area (Å²) in [7, 11) is 0. The average Bonchev–Trinajstić information content (AvgIpc) is 1.96. The molecule has 0 aliphatic carbocycles. The summed E-state index contributed by atoms with van der Waals surface area (Å²) in [5, 5.41) is 10.5. The van der Waals surface area contributed by atoms with E-state index in [1.807, 2.05) is 0 Å². The smallest absolute Gasteiger partial charge is 0.0693 e. The Hall–Kier alpha value is -0.0400. The van der Waals surface area contributed by atoms with E-state index in [2.05, 4.69) is 48.5 Å². The van der Waals surface area contributed by atoms with E-state index in [4.69, 9.17) is 0 Å². The molecule has 1 heteroatoms. The fraction of sp³-hybridized carbons (Fsp3) is 1.00. The highest BCUT2D eigenvalue weighted by Gasteiger charge is 2.38. The molecule has 0 fully saturated rings. The molecule has 0 spiro atoms. The van der Waals surface area contributed by atoms with E-state index in [9.17, 15) is 5.11 Å². The molecule has 0 aromatic heterocycles. The van der Waals surface area contributed by atoms with Crippen LogP contribution in [-0.2, 0) is 0 Å². The summed E-state index contributed by atoms with van der Waals surface area (Å²) in [6.45, 7) is 15.1. The molecule has 0 aromatic rings. The highest BCUT2D eigenvalue weighted by Crippen LogP contribution is 2.39. The molecule has 0 saturated heterocycles. The van der Waals surface area contributed by atoms with Crippen molar-refractivity contribution in [3.05, 3.63) is 0 Å². The van der Waals surface area contributed by atoms with Gasteiger partial charge in [-0.25, -0.2) is 0 Å². The Balaban J connectivity index is 4.43. The van der Waals surface area contributed by atoms with Crippen molar-refractivity contribution >= 4 is 0 Å². The van der Waals surface area contributed by atoms with Gasteiger partial charge < -0.3 is 5.11 Å². The molecule has 14 heavy (non-hydrogen) atoms. The first kappa shape index (κ1) is 14.0. The third-order valence-electron chi connectivity index (χ3n) is 3.27. The van der Waals surface area contributed by atoms with Gasteiger partial charge in [-0.3, -0.25) is 0 Å². The van der Waals surface area contributed by atoms with Gasteiger partial charge >= 0.3 is 0 Å². The summed E-state index contributed by atoms with van der Waals surface area (Å²) in [5.74, 6) is 0. The zero-order chi connectivity index (χ0) is 11.6. The highest BCUT2D eigenvalue weighted by atomic mass is 16.3. The van der Waals surface area contributed by atoms with Gasteiger partial charge in [0.05, 0.1) is 5.60 Å². The maximum Gasteiger partial charge on any atom is 0.0693 e. The van der Waals surface area contributed by atoms with Crippen molar-refractivity contribution in [1.29, 1.82) is 0 Å². The van der Waals surface area contributed by atoms with Gasteiger partial charge in [-0.15, -0.1) is 0 Å². The second-order valence-electron chi connectivity index (χ2n) is 6.70. The fourth-order valence-electron chi connectivity index (χ4n) is 1.66. The quantitative estimate of drug-likeness (QED) is 0.730. The fourth-order valence-corrected chi connectivity index (χ4v) is 1.66. The van der Waals surface area contributed by atoms with Crippen LogP contribution in [0.1, 0.15) is 67.7 Å². The zero-order valence-corrected chi connectivity index (χ0v) is 11.1. The minimum atomic E-state index is -0.514. The summed E-state index contributed by atoms with van der Waals surface area (Å²) in [5.41, 5.74) is -0.221. The summed E-state index contributed by atoms with van der Waals surface area (Å²) >= 11 is 0. The molecular formula is C13H28O. The summed E-state index contributed by atoms with van der Waals surface area (Å²) in [4.78, 5) is 0. The Kier molecular flexibility index (Phi) is 4.21. The Labute approximate surface area is 89.9 Å². The summed E-state index contributed by atoms with van der Waals surface area (Å²) < 4.78 is 0. The Bertz CT molecular complexity index is 171. The van der Waals surface area contributed by atoms with Crippen molar-refractivity contribution in [3.63, 3.8) is 0 Å². The van der Waals surface area contributed by atoms with Crippen LogP contribution in [0.5, 0.6) is 0 Å². The van der Waals surface area contributed by atoms with Crippen LogP contribution in [0.25, 0.3) is 0 Å². The maximum absolute atomic E-state index is 10.5. The van der Waals surface area contributed by atoms with Crippen molar-refractivity contribution in [2.75, 3.05) is 0 Å². The lowest BCUT2D eigenvalue weighted by Gasteiger charge is -2.41. The minimum Gasteiger partial charge on any atom is -0.389 e. The van der Waals surface area contributed by atoms with Gasteiger partial charge in [-0.05, 0) is 30.1 Å². The van der Waals surface area contributed by atoms with Crippen LogP contribution in [0.4, 0.5) is 0 Å². The van der Waals surface area contributed by atoms with Crippen LogP contribution < -0.4 is 0 Å². The Morgan fingerprint density at radius 3 is 1.50 bits per heavy atom. The van der Waals surface area contributed by atoms with E-state index < -0.39 is 5.60 Å². The first-order valence-electron chi connectivity index (χ1n) is 5.74. The van der Waals surface area contributed by atoms with Gasteiger partial charge in [0.15, 0.2) is 0 Å². The summed E-state index contributed by atoms with van der Waals surface area (Å²) in [6, 6.07) is 0. The van der Waals surface area contributed by atoms with Crippen molar-refractivity contribution in [1.82, 2.24) is 0 Å². The molecule has 0 rings (SSSR count). The van der Waals surface area contributed by atoms with Crippen molar-refractivity contribution < 1.29 is 5.11 Å². The summed E-state index contributed by atoms with van der Waals surface area (Å²) in [6.07, 6.45) is 2.82. The van der Waals surface area contributed by atoms with E-state index in [1.165, 1.54) is 0 Å². The van der Waals surface area contributed by atoms with Gasteiger partial charge in [0.25, 0.3) is 0 Å². The van der Waals surface area contributed by atoms with E-state index in [0.717, 1.165) is 19.3 Å². The lowest BCUT2D eigenvalue weighted by atomic mass is 9.70. The number of hydrogen-bond donors (Lipinski definition) is 1. The van der Waals surface area contributed by atoms with Crippen LogP contribution in [0.3, 0.4) is 0 Å². The van der Waals surface area contributed by atoms with Gasteiger partial charge in [-0.1, -0.05) is 48.5 Å². The molecule has 1 N–H and O–H groups in total. The highest BCUT2D eigenvalue weighted by molar-refractivity contribution is 4.90. The molecule has 0 aliphatic rings. The van der Waals surface area contributed by atoms with Gasteiger partial charge in [0.1, 0.15) is 0 Å². The number of aliphatic hydroxyl groups is 1. The zero-order valence-electron chi connectivity index (χ0n) is 11.1. The maximum atomic E-state index is 10.5. The van der Waals surface area contributed by atoms with E-state index in [1.54, 1.807) is 0 Å². The normalized spacial score (nSPS) is 18.0. The first-order valence-corrected chi connectivity index (χ1v) is 5.74. The molecule has 0 heterocycles. The van der Waals surface area contributed by atoms with Gasteiger partial charge in [0.2, 0.25) is 0 Å². The minimum absolute atomic E-state index is 0.0208. The third-order valence-corrected chi connectivity index (χ3v) is 3.27. The van der Waals surface area contributed by atoms with Crippen LogP contribution in [0.2, 0.25) is 0 Å². The van der Waals surface area contributed by atoms with Crippen molar-refractivity contribution in [2.45, 2.75) is 73.3 Å².